The van der Waals surface area contributed by atoms with Gasteiger partial charge in [-0.25, -0.2) is 0 Å². The molecule has 0 amide bonds. The smallest absolute Gasteiger partial charge is 0.172 e. The van der Waals surface area contributed by atoms with Crippen molar-refractivity contribution in [1.82, 2.24) is 0 Å². The Balaban J connectivity index is 2.85. The standard InChI is InChI=1S/CH3Cl2OP/c2-1-5(3)4/h5H,1H2. The summed E-state index contributed by atoms with van der Waals surface area (Å²) in [5, 5.41) is 0. The third-order valence-corrected chi connectivity index (χ3v) is 1.85. The van der Waals surface area contributed by atoms with E-state index in [0.29, 0.717) is 0 Å². The van der Waals surface area contributed by atoms with Crippen LogP contribution in [0.15, 0.2) is 0 Å². The summed E-state index contributed by atoms with van der Waals surface area (Å²) in [5.41, 5.74) is 0.0895. The van der Waals surface area contributed by atoms with Crippen molar-refractivity contribution in [3.8, 4) is 0 Å². The second kappa shape index (κ2) is 3.02. The van der Waals surface area contributed by atoms with E-state index in [1.807, 2.05) is 0 Å². The first-order valence-electron chi connectivity index (χ1n) is 1.01. The zero-order valence-electron chi connectivity index (χ0n) is 2.37. The Hall–Kier alpha value is 0.810. The number of alkyl halides is 1. The molecular formula is CH3Cl2OP. The average molecular weight is 133 g/mol. The molecule has 4 heteroatoms. The zero-order valence-corrected chi connectivity index (χ0v) is 4.88. The second-order valence-corrected chi connectivity index (χ2v) is 3.53. The fourth-order valence-electron chi connectivity index (χ4n) is 0. The summed E-state index contributed by atoms with van der Waals surface area (Å²) in [4.78, 5) is 0. The van der Waals surface area contributed by atoms with E-state index in [2.05, 4.69) is 0 Å². The molecule has 0 aliphatic rings. The maximum Gasteiger partial charge on any atom is 0.172 e. The highest BCUT2D eigenvalue weighted by atomic mass is 35.7. The molecule has 0 fully saturated rings. The van der Waals surface area contributed by atoms with Crippen molar-refractivity contribution < 1.29 is 4.57 Å². The molecule has 0 heterocycles. The lowest BCUT2D eigenvalue weighted by molar-refractivity contribution is 0.598. The van der Waals surface area contributed by atoms with Crippen LogP contribution in [-0.2, 0) is 4.57 Å². The number of rotatable bonds is 1. The minimum atomic E-state index is -1.89. The van der Waals surface area contributed by atoms with E-state index in [1.165, 1.54) is 0 Å². The number of hydrogen-bond acceptors (Lipinski definition) is 1. The van der Waals surface area contributed by atoms with Crippen LogP contribution in [0.4, 0.5) is 0 Å². The van der Waals surface area contributed by atoms with E-state index in [1.54, 1.807) is 0 Å². The predicted octanol–water partition coefficient (Wildman–Crippen LogP) is 1.90. The molecule has 0 bridgehead atoms. The van der Waals surface area contributed by atoms with Gasteiger partial charge in [-0.15, -0.1) is 11.6 Å². The van der Waals surface area contributed by atoms with Gasteiger partial charge in [0.05, 0.1) is 5.62 Å². The normalized spacial score (nSPS) is 14.8. The van der Waals surface area contributed by atoms with Crippen molar-refractivity contribution in [3.63, 3.8) is 0 Å². The van der Waals surface area contributed by atoms with Gasteiger partial charge in [-0.3, -0.25) is 0 Å². The van der Waals surface area contributed by atoms with Crippen molar-refractivity contribution in [1.29, 1.82) is 0 Å². The highest BCUT2D eigenvalue weighted by Crippen LogP contribution is 2.26. The highest BCUT2D eigenvalue weighted by molar-refractivity contribution is 7.74. The Labute approximate surface area is 40.8 Å². The molecule has 0 aromatic rings. The molecule has 0 saturated heterocycles. The molecule has 0 saturated carbocycles. The van der Waals surface area contributed by atoms with Gasteiger partial charge in [-0.05, 0) is 0 Å². The monoisotopic (exact) mass is 132 g/mol. The van der Waals surface area contributed by atoms with E-state index in [4.69, 9.17) is 22.8 Å². The maximum atomic E-state index is 9.63. The summed E-state index contributed by atoms with van der Waals surface area (Å²) in [6.45, 7) is 0. The third-order valence-electron chi connectivity index (χ3n) is 0.105. The van der Waals surface area contributed by atoms with Gasteiger partial charge in [0, 0.05) is 0 Å². The van der Waals surface area contributed by atoms with E-state index >= 15 is 0 Å². The van der Waals surface area contributed by atoms with Crippen molar-refractivity contribution in [2.24, 2.45) is 0 Å². The molecule has 0 aromatic carbocycles. The SMILES string of the molecule is O=[PH](Cl)CCl. The van der Waals surface area contributed by atoms with Gasteiger partial charge < -0.3 is 4.57 Å². The van der Waals surface area contributed by atoms with Crippen LogP contribution in [-0.4, -0.2) is 5.62 Å². The largest absolute Gasteiger partial charge is 0.309 e. The van der Waals surface area contributed by atoms with Gasteiger partial charge in [0.2, 0.25) is 0 Å². The first-order valence-corrected chi connectivity index (χ1v) is 4.18. The van der Waals surface area contributed by atoms with Crippen LogP contribution in [0.5, 0.6) is 0 Å². The molecule has 32 valence electrons. The van der Waals surface area contributed by atoms with Crippen LogP contribution < -0.4 is 0 Å². The van der Waals surface area contributed by atoms with Gasteiger partial charge in [-0.1, -0.05) is 11.2 Å². The minimum absolute atomic E-state index is 0.0895. The average Bonchev–Trinajstić information content (AvgIpc) is 1.38. The summed E-state index contributed by atoms with van der Waals surface area (Å²) in [6.07, 6.45) is 0. The van der Waals surface area contributed by atoms with E-state index in [0.717, 1.165) is 0 Å². The number of halogens is 2. The molecule has 0 rings (SSSR count). The summed E-state index contributed by atoms with van der Waals surface area (Å²) < 4.78 is 9.63. The van der Waals surface area contributed by atoms with Crippen LogP contribution in [0.2, 0.25) is 0 Å². The second-order valence-electron chi connectivity index (χ2n) is 0.489. The summed E-state index contributed by atoms with van der Waals surface area (Å²) in [7, 11) is -1.89. The Kier molecular flexibility index (Phi) is 3.51. The van der Waals surface area contributed by atoms with Crippen LogP contribution in [0.1, 0.15) is 0 Å². The Morgan fingerprint density at radius 2 is 2.00 bits per heavy atom. The molecular weight excluding hydrogens is 130 g/mol. The topological polar surface area (TPSA) is 17.1 Å². The maximum absolute atomic E-state index is 9.63. The molecule has 1 atom stereocenters. The van der Waals surface area contributed by atoms with Crippen LogP contribution >= 0.6 is 30.0 Å². The van der Waals surface area contributed by atoms with E-state index in [-0.39, 0.29) is 5.62 Å². The van der Waals surface area contributed by atoms with Crippen LogP contribution in [0.3, 0.4) is 0 Å². The summed E-state index contributed by atoms with van der Waals surface area (Å²) in [6, 6.07) is 0. The molecule has 1 unspecified atom stereocenters. The zero-order chi connectivity index (χ0) is 4.28. The van der Waals surface area contributed by atoms with E-state index < -0.39 is 7.15 Å². The first-order chi connectivity index (χ1) is 2.27. The summed E-state index contributed by atoms with van der Waals surface area (Å²) >= 11 is 9.81. The number of hydrogen-bond donors (Lipinski definition) is 0. The van der Waals surface area contributed by atoms with Gasteiger partial charge in [0.15, 0.2) is 7.15 Å². The summed E-state index contributed by atoms with van der Waals surface area (Å²) in [5.74, 6) is 0. The lowest BCUT2D eigenvalue weighted by Crippen LogP contribution is -1.40. The van der Waals surface area contributed by atoms with Gasteiger partial charge in [0.25, 0.3) is 0 Å². The Morgan fingerprint density at radius 3 is 2.00 bits per heavy atom. The molecule has 1 nitrogen and oxygen atoms in total. The van der Waals surface area contributed by atoms with Gasteiger partial charge >= 0.3 is 0 Å². The van der Waals surface area contributed by atoms with Gasteiger partial charge in [0.1, 0.15) is 0 Å². The fourth-order valence-corrected chi connectivity index (χ4v) is 0. The third kappa shape index (κ3) is 4.81. The predicted molar refractivity (Wildman–Crippen MR) is 25.6 cm³/mol. The highest BCUT2D eigenvalue weighted by Gasteiger charge is 1.80. The van der Waals surface area contributed by atoms with Crippen molar-refractivity contribution in [2.75, 3.05) is 5.62 Å². The van der Waals surface area contributed by atoms with Crippen molar-refractivity contribution >= 4 is 30.0 Å². The van der Waals surface area contributed by atoms with Crippen molar-refractivity contribution in [2.45, 2.75) is 0 Å². The lowest BCUT2D eigenvalue weighted by atomic mass is 11.9. The van der Waals surface area contributed by atoms with Crippen molar-refractivity contribution in [3.05, 3.63) is 0 Å². The van der Waals surface area contributed by atoms with E-state index in [9.17, 15) is 4.57 Å². The Morgan fingerprint density at radius 1 is 1.80 bits per heavy atom. The van der Waals surface area contributed by atoms with Crippen LogP contribution in [0.25, 0.3) is 0 Å². The molecule has 5 heavy (non-hydrogen) atoms. The van der Waals surface area contributed by atoms with Crippen LogP contribution in [0, 0.1) is 0 Å². The molecule has 0 aliphatic heterocycles. The first kappa shape index (κ1) is 5.81. The Bertz CT molecular complexity index is 44.9. The molecule has 0 aromatic heterocycles. The molecule has 0 spiro atoms. The fraction of sp³-hybridized carbons (Fsp3) is 1.00. The molecule has 0 radical (unpaired) electrons. The quantitative estimate of drug-likeness (QED) is 0.394. The molecule has 0 N–H and O–H groups in total. The lowest BCUT2D eigenvalue weighted by Gasteiger charge is -1.68. The van der Waals surface area contributed by atoms with Gasteiger partial charge in [-0.2, -0.15) is 0 Å². The molecule has 0 aliphatic carbocycles. The minimum Gasteiger partial charge on any atom is -0.309 e.